The number of carbonyl (C=O) groups is 7. The van der Waals surface area contributed by atoms with Crippen molar-refractivity contribution in [1.29, 1.82) is 5.26 Å². The molecule has 1 aliphatic heterocycles. The Morgan fingerprint density at radius 1 is 0.700 bits per heavy atom. The van der Waals surface area contributed by atoms with Crippen LogP contribution in [0.2, 0.25) is 0 Å². The number of amides is 6. The fraction of sp³-hybridized carbons (Fsp3) is 0.689. The van der Waals surface area contributed by atoms with Gasteiger partial charge >= 0.3 is 5.97 Å². The number of carbonyl (C=O) groups excluding carboxylic acids is 7. The lowest BCUT2D eigenvalue weighted by Gasteiger charge is -2.35. The fourth-order valence-electron chi connectivity index (χ4n) is 7.33. The molecule has 1 aromatic rings. The molecule has 15 nitrogen and oxygen atoms in total. The number of hydrogen-bond donors (Lipinski definition) is 3. The Bertz CT molecular complexity index is 1650. The van der Waals surface area contributed by atoms with Crippen molar-refractivity contribution in [3.8, 4) is 6.07 Å². The van der Waals surface area contributed by atoms with Gasteiger partial charge in [0.1, 0.15) is 36.3 Å². The summed E-state index contributed by atoms with van der Waals surface area (Å²) in [4.78, 5) is 103. The van der Waals surface area contributed by atoms with Crippen LogP contribution in [0.15, 0.2) is 30.3 Å². The molecular weight excluding hydrogens is 767 g/mol. The van der Waals surface area contributed by atoms with Crippen LogP contribution in [-0.4, -0.2) is 120 Å². The minimum Gasteiger partial charge on any atom is -0.451 e. The molecule has 0 aromatic heterocycles. The molecule has 0 aliphatic carbocycles. The molecule has 0 spiro atoms. The monoisotopic (exact) mass is 838 g/mol. The third kappa shape index (κ3) is 15.2. The highest BCUT2D eigenvalue weighted by atomic mass is 16.5. The fourth-order valence-corrected chi connectivity index (χ4v) is 7.33. The molecule has 0 bridgehead atoms. The second kappa shape index (κ2) is 24.9. The third-order valence-electron chi connectivity index (χ3n) is 11.2. The first-order valence-electron chi connectivity index (χ1n) is 21.6. The molecule has 6 amide bonds. The summed E-state index contributed by atoms with van der Waals surface area (Å²) < 4.78 is 5.69. The predicted octanol–water partition coefficient (Wildman–Crippen LogP) is 4.13. The van der Waals surface area contributed by atoms with E-state index in [1.807, 2.05) is 71.0 Å². The number of hydrogen-bond acceptors (Lipinski definition) is 9. The van der Waals surface area contributed by atoms with E-state index in [0.29, 0.717) is 0 Å². The average Bonchev–Trinajstić information content (AvgIpc) is 3.21. The summed E-state index contributed by atoms with van der Waals surface area (Å²) in [5.41, 5.74) is 0.755. The molecule has 3 N–H and O–H groups in total. The lowest BCUT2D eigenvalue weighted by atomic mass is 9.94. The molecule has 0 saturated carbocycles. The molecule has 0 radical (unpaired) electrons. The van der Waals surface area contributed by atoms with Gasteiger partial charge in [-0.25, -0.2) is 4.79 Å². The summed E-state index contributed by atoms with van der Waals surface area (Å²) in [5.74, 6) is -4.73. The van der Waals surface area contributed by atoms with Gasteiger partial charge < -0.3 is 35.4 Å². The zero-order chi connectivity index (χ0) is 45.3. The molecule has 1 aliphatic rings. The zero-order valence-corrected chi connectivity index (χ0v) is 37.8. The molecule has 8 atom stereocenters. The lowest BCUT2D eigenvalue weighted by molar-refractivity contribution is -0.163. The smallest absolute Gasteiger partial charge is 0.329 e. The van der Waals surface area contributed by atoms with Crippen LogP contribution in [0.3, 0.4) is 0 Å². The van der Waals surface area contributed by atoms with Gasteiger partial charge in [-0.3, -0.25) is 28.8 Å². The summed E-state index contributed by atoms with van der Waals surface area (Å²) in [7, 11) is 4.38. The Morgan fingerprint density at radius 2 is 1.22 bits per heavy atom. The van der Waals surface area contributed by atoms with E-state index in [4.69, 9.17) is 4.74 Å². The largest absolute Gasteiger partial charge is 0.451 e. The molecule has 1 fully saturated rings. The van der Waals surface area contributed by atoms with E-state index < -0.39 is 83.8 Å². The molecule has 1 saturated heterocycles. The van der Waals surface area contributed by atoms with Gasteiger partial charge in [-0.2, -0.15) is 5.26 Å². The van der Waals surface area contributed by atoms with E-state index >= 15 is 0 Å². The SMILES string of the molecule is CCCC[C@@H](C)C[C@@H]1NC(=O)[C@@H](CCC#N)OC(=O)[C@H](C)N(C)C(=O)[C@H](CC)NC(=O)[C@H](Cc2ccccc2)N(C)C(=O)[C@H](CC(C)C)NC(=O)[C@H](CC(C)C)N(C)C1=O. The van der Waals surface area contributed by atoms with Crippen LogP contribution in [0.25, 0.3) is 0 Å². The van der Waals surface area contributed by atoms with Crippen LogP contribution in [0.4, 0.5) is 0 Å². The van der Waals surface area contributed by atoms with Crippen molar-refractivity contribution >= 4 is 41.4 Å². The number of esters is 1. The van der Waals surface area contributed by atoms with Crippen molar-refractivity contribution in [3.05, 3.63) is 35.9 Å². The highest BCUT2D eigenvalue weighted by Gasteiger charge is 2.40. The van der Waals surface area contributed by atoms with E-state index in [9.17, 15) is 38.8 Å². The number of cyclic esters (lactones) is 1. The predicted molar refractivity (Wildman–Crippen MR) is 229 cm³/mol. The van der Waals surface area contributed by atoms with Crippen LogP contribution in [0.5, 0.6) is 0 Å². The minimum atomic E-state index is -1.47. The highest BCUT2D eigenvalue weighted by molar-refractivity contribution is 5.97. The maximum atomic E-state index is 14.6. The van der Waals surface area contributed by atoms with Crippen molar-refractivity contribution in [3.63, 3.8) is 0 Å². The summed E-state index contributed by atoms with van der Waals surface area (Å²) in [5, 5.41) is 18.0. The number of nitrogens with zero attached hydrogens (tertiary/aromatic N) is 4. The average molecular weight is 838 g/mol. The summed E-state index contributed by atoms with van der Waals surface area (Å²) in [6.07, 6.45) is 1.72. The van der Waals surface area contributed by atoms with Gasteiger partial charge in [0.25, 0.3) is 5.91 Å². The van der Waals surface area contributed by atoms with Gasteiger partial charge in [0.2, 0.25) is 29.5 Å². The number of likely N-dealkylation sites (N-methyl/N-ethyl adjacent to an activating group) is 3. The first kappa shape index (κ1) is 51.1. The van der Waals surface area contributed by atoms with E-state index in [2.05, 4.69) is 22.9 Å². The Kier molecular flexibility index (Phi) is 21.3. The van der Waals surface area contributed by atoms with E-state index in [1.165, 1.54) is 37.9 Å². The molecule has 334 valence electrons. The number of nitrogens with one attached hydrogen (secondary N) is 3. The van der Waals surface area contributed by atoms with Crippen LogP contribution >= 0.6 is 0 Å². The van der Waals surface area contributed by atoms with Crippen molar-refractivity contribution < 1.29 is 38.3 Å². The van der Waals surface area contributed by atoms with Gasteiger partial charge in [-0.15, -0.1) is 0 Å². The van der Waals surface area contributed by atoms with Crippen molar-refractivity contribution in [2.75, 3.05) is 21.1 Å². The number of benzene rings is 1. The van der Waals surface area contributed by atoms with Crippen molar-refractivity contribution in [2.24, 2.45) is 17.8 Å². The second-order valence-electron chi connectivity index (χ2n) is 17.2. The molecule has 0 unspecified atom stereocenters. The molecule has 1 heterocycles. The summed E-state index contributed by atoms with van der Waals surface area (Å²) >= 11 is 0. The molecule has 2 rings (SSSR count). The Morgan fingerprint density at radius 3 is 1.77 bits per heavy atom. The van der Waals surface area contributed by atoms with Crippen LogP contribution in [0, 0.1) is 29.1 Å². The topological polar surface area (TPSA) is 198 Å². The third-order valence-corrected chi connectivity index (χ3v) is 11.2. The van der Waals surface area contributed by atoms with Gasteiger partial charge in [-0.1, -0.05) is 98.1 Å². The number of nitriles is 1. The van der Waals surface area contributed by atoms with Crippen LogP contribution in [0.1, 0.15) is 119 Å². The molecule has 15 heteroatoms. The van der Waals surface area contributed by atoms with Gasteiger partial charge in [0.15, 0.2) is 6.10 Å². The maximum Gasteiger partial charge on any atom is 0.329 e. The van der Waals surface area contributed by atoms with Crippen LogP contribution in [-0.2, 0) is 44.7 Å². The van der Waals surface area contributed by atoms with Gasteiger partial charge in [0, 0.05) is 40.4 Å². The Balaban J connectivity index is 2.82. The lowest BCUT2D eigenvalue weighted by Crippen LogP contribution is -2.60. The van der Waals surface area contributed by atoms with E-state index in [1.54, 1.807) is 6.92 Å². The first-order valence-corrected chi connectivity index (χ1v) is 21.6. The maximum absolute atomic E-state index is 14.6. The van der Waals surface area contributed by atoms with E-state index in [0.717, 1.165) is 29.7 Å². The number of unbranched alkanes of at least 4 members (excludes halogenated alkanes) is 1. The Hall–Kier alpha value is -5.00. The normalized spacial score (nSPS) is 25.3. The molecule has 1 aromatic carbocycles. The second-order valence-corrected chi connectivity index (χ2v) is 17.2. The highest BCUT2D eigenvalue weighted by Crippen LogP contribution is 2.21. The van der Waals surface area contributed by atoms with Crippen LogP contribution < -0.4 is 16.0 Å². The first-order chi connectivity index (χ1) is 28.3. The van der Waals surface area contributed by atoms with Crippen molar-refractivity contribution in [2.45, 2.75) is 162 Å². The Labute approximate surface area is 357 Å². The molecular formula is C45H71N7O8. The molecule has 60 heavy (non-hydrogen) atoms. The van der Waals surface area contributed by atoms with Crippen molar-refractivity contribution in [1.82, 2.24) is 30.7 Å². The summed E-state index contributed by atoms with van der Waals surface area (Å²) in [6.45, 7) is 14.8. The van der Waals surface area contributed by atoms with Gasteiger partial charge in [-0.05, 0) is 55.9 Å². The number of rotatable bonds is 14. The zero-order valence-electron chi connectivity index (χ0n) is 37.8. The van der Waals surface area contributed by atoms with Gasteiger partial charge in [0.05, 0.1) is 6.07 Å². The van der Waals surface area contributed by atoms with E-state index in [-0.39, 0.29) is 62.7 Å². The quantitative estimate of drug-likeness (QED) is 0.231. The summed E-state index contributed by atoms with van der Waals surface area (Å²) in [6, 6.07) is 4.40. The number of ether oxygens (including phenoxy) is 1. The minimum absolute atomic E-state index is 0.0190. The standard InChI is InChI=1S/C45H71N7O8/c1-12-14-19-30(7)26-35-44(58)51(10)36(25-29(5)6)39(53)48-34(24-28(3)4)43(57)52(11)37(27-32-20-16-15-17-21-32)40(54)47-33(13-2)42(56)50(9)31(8)45(59)60-38(22-18-23-46)41(55)49-35/h15-17,20-21,28-31,33-38H,12-14,18-19,22,24-27H2,1-11H3,(H,47,54)(H,48,53)(H,49,55)/t30-,31+,33+,34+,35+,36+,37+,38-/m1/s1.